The van der Waals surface area contributed by atoms with Gasteiger partial charge in [0.15, 0.2) is 11.5 Å². The summed E-state index contributed by atoms with van der Waals surface area (Å²) in [6, 6.07) is 12.0. The zero-order valence-electron chi connectivity index (χ0n) is 17.2. The third-order valence-corrected chi connectivity index (χ3v) is 5.36. The topological polar surface area (TPSA) is 78.8 Å². The molecule has 0 saturated carbocycles. The van der Waals surface area contributed by atoms with Crippen LogP contribution in [0.3, 0.4) is 0 Å². The molecule has 2 aromatic carbocycles. The third-order valence-electron chi connectivity index (χ3n) is 4.97. The fourth-order valence-corrected chi connectivity index (χ4v) is 3.77. The average molecular weight is 431 g/mol. The molecule has 3 aromatic rings. The first-order valence-corrected chi connectivity index (χ1v) is 9.61. The standard InChI is InChI=1S/C22H23ClN2O5/c1-25-16-8-6-5-7-14(16)20(23)21(25)22(27)24-15(12-19(26)30-4)13-9-10-17(28-2)18(11-13)29-3/h5-11,15H,12H2,1-4H3,(H,24,27). The molecule has 8 heteroatoms. The second kappa shape index (κ2) is 9.09. The average Bonchev–Trinajstić information content (AvgIpc) is 3.02. The van der Waals surface area contributed by atoms with E-state index in [0.29, 0.717) is 27.8 Å². The Bertz CT molecular complexity index is 1050. The van der Waals surface area contributed by atoms with Crippen molar-refractivity contribution in [2.45, 2.75) is 12.5 Å². The van der Waals surface area contributed by atoms with Crippen molar-refractivity contribution < 1.29 is 23.8 Å². The van der Waals surface area contributed by atoms with Crippen LogP contribution in [0.15, 0.2) is 42.5 Å². The van der Waals surface area contributed by atoms with E-state index in [-0.39, 0.29) is 6.42 Å². The van der Waals surface area contributed by atoms with Crippen molar-refractivity contribution in [3.8, 4) is 11.5 Å². The quantitative estimate of drug-likeness (QED) is 0.575. The van der Waals surface area contributed by atoms with Gasteiger partial charge in [0, 0.05) is 18.0 Å². The van der Waals surface area contributed by atoms with E-state index in [1.807, 2.05) is 24.3 Å². The van der Waals surface area contributed by atoms with E-state index < -0.39 is 17.9 Å². The number of benzene rings is 2. The van der Waals surface area contributed by atoms with E-state index in [2.05, 4.69) is 5.32 Å². The predicted octanol–water partition coefficient (Wildman–Crippen LogP) is 3.88. The Labute approximate surface area is 179 Å². The summed E-state index contributed by atoms with van der Waals surface area (Å²) in [5, 5.41) is 4.04. The molecule has 0 spiro atoms. The number of methoxy groups -OCH3 is 3. The van der Waals surface area contributed by atoms with Crippen molar-refractivity contribution in [2.24, 2.45) is 7.05 Å². The molecule has 7 nitrogen and oxygen atoms in total. The number of aryl methyl sites for hydroxylation is 1. The summed E-state index contributed by atoms with van der Waals surface area (Å²) in [6.07, 6.45) is -0.0563. The molecule has 1 amide bonds. The van der Waals surface area contributed by atoms with Crippen molar-refractivity contribution in [1.29, 1.82) is 0 Å². The van der Waals surface area contributed by atoms with Gasteiger partial charge in [-0.25, -0.2) is 0 Å². The van der Waals surface area contributed by atoms with Crippen LogP contribution >= 0.6 is 11.6 Å². The van der Waals surface area contributed by atoms with Crippen LogP contribution in [-0.4, -0.2) is 37.8 Å². The number of rotatable bonds is 7. The van der Waals surface area contributed by atoms with E-state index >= 15 is 0 Å². The van der Waals surface area contributed by atoms with Gasteiger partial charge >= 0.3 is 5.97 Å². The Hall–Kier alpha value is -3.19. The van der Waals surface area contributed by atoms with E-state index in [4.69, 9.17) is 25.8 Å². The van der Waals surface area contributed by atoms with Crippen LogP contribution in [0.25, 0.3) is 10.9 Å². The van der Waals surface area contributed by atoms with Crippen molar-refractivity contribution in [3.05, 3.63) is 58.7 Å². The zero-order valence-corrected chi connectivity index (χ0v) is 17.9. The smallest absolute Gasteiger partial charge is 0.307 e. The van der Waals surface area contributed by atoms with Crippen molar-refractivity contribution in [3.63, 3.8) is 0 Å². The Morgan fingerprint density at radius 1 is 1.07 bits per heavy atom. The minimum Gasteiger partial charge on any atom is -0.493 e. The fourth-order valence-electron chi connectivity index (χ4n) is 3.40. The summed E-state index contributed by atoms with van der Waals surface area (Å²) >= 11 is 6.50. The summed E-state index contributed by atoms with van der Waals surface area (Å²) in [4.78, 5) is 25.2. The van der Waals surface area contributed by atoms with Gasteiger partial charge in [0.05, 0.1) is 38.8 Å². The number of esters is 1. The third kappa shape index (κ3) is 4.07. The number of hydrogen-bond donors (Lipinski definition) is 1. The lowest BCUT2D eigenvalue weighted by Crippen LogP contribution is -2.32. The fraction of sp³-hybridized carbons (Fsp3) is 0.273. The normalized spacial score (nSPS) is 11.8. The molecule has 0 radical (unpaired) electrons. The molecule has 1 aromatic heterocycles. The molecule has 1 atom stereocenters. The van der Waals surface area contributed by atoms with Crippen LogP contribution in [0.4, 0.5) is 0 Å². The Balaban J connectivity index is 1.98. The molecule has 3 rings (SSSR count). The molecule has 0 saturated heterocycles. The highest BCUT2D eigenvalue weighted by Crippen LogP contribution is 2.33. The zero-order chi connectivity index (χ0) is 21.8. The Morgan fingerprint density at radius 3 is 2.40 bits per heavy atom. The second-order valence-corrected chi connectivity index (χ2v) is 7.04. The Kier molecular flexibility index (Phi) is 6.52. The molecule has 0 aliphatic carbocycles. The second-order valence-electron chi connectivity index (χ2n) is 6.66. The van der Waals surface area contributed by atoms with E-state index in [0.717, 1.165) is 10.9 Å². The monoisotopic (exact) mass is 430 g/mol. The van der Waals surface area contributed by atoms with Crippen LogP contribution in [0.2, 0.25) is 5.02 Å². The summed E-state index contributed by atoms with van der Waals surface area (Å²) < 4.78 is 17.2. The number of carbonyl (C=O) groups is 2. The highest BCUT2D eigenvalue weighted by atomic mass is 35.5. The largest absolute Gasteiger partial charge is 0.493 e. The molecule has 1 N–H and O–H groups in total. The van der Waals surface area contributed by atoms with Gasteiger partial charge < -0.3 is 24.1 Å². The highest BCUT2D eigenvalue weighted by Gasteiger charge is 2.25. The number of amides is 1. The molecule has 0 fully saturated rings. The van der Waals surface area contributed by atoms with Crippen LogP contribution in [-0.2, 0) is 16.6 Å². The van der Waals surface area contributed by atoms with E-state index in [9.17, 15) is 9.59 Å². The maximum absolute atomic E-state index is 13.2. The maximum Gasteiger partial charge on any atom is 0.307 e. The van der Waals surface area contributed by atoms with Gasteiger partial charge in [0.25, 0.3) is 5.91 Å². The first-order chi connectivity index (χ1) is 14.4. The molecule has 0 bridgehead atoms. The Morgan fingerprint density at radius 2 is 1.77 bits per heavy atom. The van der Waals surface area contributed by atoms with Gasteiger partial charge in [-0.3, -0.25) is 9.59 Å². The number of hydrogen-bond acceptors (Lipinski definition) is 5. The lowest BCUT2D eigenvalue weighted by molar-refractivity contribution is -0.141. The lowest BCUT2D eigenvalue weighted by atomic mass is 10.0. The summed E-state index contributed by atoms with van der Waals surface area (Å²) in [5.74, 6) is 0.170. The number of aromatic nitrogens is 1. The van der Waals surface area contributed by atoms with Crippen LogP contribution in [0.5, 0.6) is 11.5 Å². The molecule has 158 valence electrons. The van der Waals surface area contributed by atoms with Gasteiger partial charge in [-0.2, -0.15) is 0 Å². The maximum atomic E-state index is 13.2. The number of carbonyl (C=O) groups excluding carboxylic acids is 2. The van der Waals surface area contributed by atoms with Gasteiger partial charge in [0.2, 0.25) is 0 Å². The van der Waals surface area contributed by atoms with Crippen molar-refractivity contribution in [1.82, 2.24) is 9.88 Å². The number of nitrogens with zero attached hydrogens (tertiary/aromatic N) is 1. The number of para-hydroxylation sites is 1. The van der Waals surface area contributed by atoms with Gasteiger partial charge in [0.1, 0.15) is 5.69 Å². The van der Waals surface area contributed by atoms with E-state index in [1.54, 1.807) is 29.8 Å². The van der Waals surface area contributed by atoms with Gasteiger partial charge in [-0.15, -0.1) is 0 Å². The highest BCUT2D eigenvalue weighted by molar-refractivity contribution is 6.38. The first-order valence-electron chi connectivity index (χ1n) is 9.23. The SMILES string of the molecule is COC(=O)CC(NC(=O)c1c(Cl)c2ccccc2n1C)c1ccc(OC)c(OC)c1. The number of halogens is 1. The lowest BCUT2D eigenvalue weighted by Gasteiger charge is -2.20. The number of fused-ring (bicyclic) bond motifs is 1. The van der Waals surface area contributed by atoms with Gasteiger partial charge in [-0.1, -0.05) is 35.9 Å². The number of ether oxygens (including phenoxy) is 3. The van der Waals surface area contributed by atoms with Crippen molar-refractivity contribution in [2.75, 3.05) is 21.3 Å². The summed E-state index contributed by atoms with van der Waals surface area (Å²) in [6.45, 7) is 0. The summed E-state index contributed by atoms with van der Waals surface area (Å²) in [7, 11) is 6.13. The molecule has 30 heavy (non-hydrogen) atoms. The van der Waals surface area contributed by atoms with Crippen LogP contribution < -0.4 is 14.8 Å². The molecular weight excluding hydrogens is 408 g/mol. The van der Waals surface area contributed by atoms with E-state index in [1.165, 1.54) is 21.3 Å². The predicted molar refractivity (Wildman–Crippen MR) is 114 cm³/mol. The molecular formula is C22H23ClN2O5. The molecule has 0 aliphatic rings. The van der Waals surface area contributed by atoms with Crippen LogP contribution in [0.1, 0.15) is 28.5 Å². The van der Waals surface area contributed by atoms with Crippen LogP contribution in [0, 0.1) is 0 Å². The minimum atomic E-state index is -0.654. The minimum absolute atomic E-state index is 0.0563. The summed E-state index contributed by atoms with van der Waals surface area (Å²) in [5.41, 5.74) is 1.82. The van der Waals surface area contributed by atoms with Crippen molar-refractivity contribution >= 4 is 34.4 Å². The molecule has 0 aliphatic heterocycles. The first kappa shape index (κ1) is 21.5. The molecule has 1 unspecified atom stereocenters. The molecule has 1 heterocycles. The van der Waals surface area contributed by atoms with Gasteiger partial charge in [-0.05, 0) is 23.8 Å². The number of nitrogens with one attached hydrogen (secondary N) is 1.